The third-order valence-electron chi connectivity index (χ3n) is 4.59. The number of hydrogen-bond donors (Lipinski definition) is 1. The average Bonchev–Trinajstić information content (AvgIpc) is 2.95. The monoisotopic (exact) mass is 286 g/mol. The zero-order valence-electron chi connectivity index (χ0n) is 12.5. The highest BCUT2D eigenvalue weighted by Crippen LogP contribution is 2.33. The summed E-state index contributed by atoms with van der Waals surface area (Å²) in [7, 11) is 0. The van der Waals surface area contributed by atoms with Gasteiger partial charge < -0.3 is 14.8 Å². The Kier molecular flexibility index (Phi) is 4.25. The van der Waals surface area contributed by atoms with Crippen LogP contribution in [0.25, 0.3) is 0 Å². The topological polar surface area (TPSA) is 54.3 Å². The van der Waals surface area contributed by atoms with E-state index in [2.05, 4.69) is 18.3 Å². The summed E-state index contributed by atoms with van der Waals surface area (Å²) in [5.74, 6) is 0. The van der Waals surface area contributed by atoms with Crippen LogP contribution in [0.5, 0.6) is 0 Å². The van der Waals surface area contributed by atoms with Crippen molar-refractivity contribution in [2.24, 2.45) is 0 Å². The molecule has 1 aromatic carbocycles. The van der Waals surface area contributed by atoms with Crippen molar-refractivity contribution in [3.8, 4) is 6.07 Å². The van der Waals surface area contributed by atoms with E-state index in [9.17, 15) is 0 Å². The smallest absolute Gasteiger partial charge is 0.0991 e. The summed E-state index contributed by atoms with van der Waals surface area (Å²) in [6, 6.07) is 10.7. The van der Waals surface area contributed by atoms with E-state index in [0.717, 1.165) is 39.1 Å². The number of rotatable bonds is 3. The number of hydrogen-bond acceptors (Lipinski definition) is 4. The van der Waals surface area contributed by atoms with Crippen LogP contribution in [0.4, 0.5) is 0 Å². The van der Waals surface area contributed by atoms with Crippen molar-refractivity contribution in [3.63, 3.8) is 0 Å². The molecule has 2 aliphatic heterocycles. The predicted octanol–water partition coefficient (Wildman–Crippen LogP) is 2.55. The maximum atomic E-state index is 8.85. The van der Waals surface area contributed by atoms with Crippen LogP contribution in [-0.2, 0) is 9.47 Å². The van der Waals surface area contributed by atoms with E-state index < -0.39 is 0 Å². The molecule has 0 amide bonds. The molecule has 112 valence electrons. The molecule has 4 heteroatoms. The summed E-state index contributed by atoms with van der Waals surface area (Å²) < 4.78 is 11.5. The van der Waals surface area contributed by atoms with Gasteiger partial charge in [0.1, 0.15) is 0 Å². The van der Waals surface area contributed by atoms with Crippen LogP contribution in [0.15, 0.2) is 24.3 Å². The minimum Gasteiger partial charge on any atom is -0.378 e. The van der Waals surface area contributed by atoms with Crippen LogP contribution < -0.4 is 5.32 Å². The van der Waals surface area contributed by atoms with Crippen molar-refractivity contribution in [2.75, 3.05) is 19.8 Å². The van der Waals surface area contributed by atoms with Crippen molar-refractivity contribution in [3.05, 3.63) is 35.4 Å². The second-order valence-electron chi connectivity index (χ2n) is 6.15. The lowest BCUT2D eigenvalue weighted by atomic mass is 9.89. The van der Waals surface area contributed by atoms with Crippen LogP contribution in [0, 0.1) is 11.3 Å². The van der Waals surface area contributed by atoms with Gasteiger partial charge in [-0.3, -0.25) is 0 Å². The highest BCUT2D eigenvalue weighted by atomic mass is 16.6. The predicted molar refractivity (Wildman–Crippen MR) is 79.8 cm³/mol. The van der Waals surface area contributed by atoms with Gasteiger partial charge in [0.15, 0.2) is 0 Å². The zero-order chi connectivity index (χ0) is 14.7. The number of nitriles is 1. The Morgan fingerprint density at radius 1 is 1.33 bits per heavy atom. The molecule has 21 heavy (non-hydrogen) atoms. The molecule has 2 saturated heterocycles. The molecule has 1 aromatic rings. The van der Waals surface area contributed by atoms with Crippen LogP contribution in [0.3, 0.4) is 0 Å². The van der Waals surface area contributed by atoms with Gasteiger partial charge in [-0.15, -0.1) is 0 Å². The highest BCUT2D eigenvalue weighted by molar-refractivity contribution is 5.32. The van der Waals surface area contributed by atoms with Crippen LogP contribution in [0.2, 0.25) is 0 Å². The van der Waals surface area contributed by atoms with E-state index >= 15 is 0 Å². The Morgan fingerprint density at radius 3 is 2.81 bits per heavy atom. The molecule has 0 aliphatic carbocycles. The van der Waals surface area contributed by atoms with Gasteiger partial charge in [0, 0.05) is 31.7 Å². The fraction of sp³-hybridized carbons (Fsp3) is 0.588. The van der Waals surface area contributed by atoms with Crippen LogP contribution >= 0.6 is 0 Å². The zero-order valence-corrected chi connectivity index (χ0v) is 12.5. The summed E-state index contributed by atoms with van der Waals surface area (Å²) in [4.78, 5) is 0. The summed E-state index contributed by atoms with van der Waals surface area (Å²) in [6.07, 6.45) is 3.08. The number of benzene rings is 1. The average molecular weight is 286 g/mol. The Hall–Kier alpha value is -1.41. The number of nitrogens with zero attached hydrogens (tertiary/aromatic N) is 1. The minimum atomic E-state index is -0.0553. The summed E-state index contributed by atoms with van der Waals surface area (Å²) in [5, 5.41) is 12.6. The summed E-state index contributed by atoms with van der Waals surface area (Å²) in [5.41, 5.74) is 1.87. The number of ether oxygens (including phenoxy) is 2. The van der Waals surface area contributed by atoms with Gasteiger partial charge in [0.05, 0.1) is 23.8 Å². The van der Waals surface area contributed by atoms with Gasteiger partial charge in [-0.05, 0) is 37.5 Å². The van der Waals surface area contributed by atoms with Gasteiger partial charge in [-0.25, -0.2) is 0 Å². The Morgan fingerprint density at radius 2 is 2.14 bits per heavy atom. The molecule has 4 nitrogen and oxygen atoms in total. The molecule has 3 unspecified atom stereocenters. The molecule has 0 radical (unpaired) electrons. The molecule has 0 saturated carbocycles. The maximum absolute atomic E-state index is 8.85. The molecule has 1 spiro atoms. The lowest BCUT2D eigenvalue weighted by Crippen LogP contribution is -2.48. The van der Waals surface area contributed by atoms with Gasteiger partial charge in [-0.2, -0.15) is 5.26 Å². The molecule has 1 N–H and O–H groups in total. The van der Waals surface area contributed by atoms with Crippen molar-refractivity contribution in [2.45, 2.75) is 43.9 Å². The molecule has 2 fully saturated rings. The molecule has 2 heterocycles. The molecule has 0 bridgehead atoms. The van der Waals surface area contributed by atoms with E-state index in [1.807, 2.05) is 24.3 Å². The number of nitrogens with one attached hydrogen (secondary N) is 1. The Balaban J connectivity index is 1.61. The van der Waals surface area contributed by atoms with Gasteiger partial charge in [-0.1, -0.05) is 12.1 Å². The quantitative estimate of drug-likeness (QED) is 0.928. The van der Waals surface area contributed by atoms with E-state index in [0.29, 0.717) is 11.6 Å². The van der Waals surface area contributed by atoms with Gasteiger partial charge in [0.2, 0.25) is 0 Å². The van der Waals surface area contributed by atoms with Gasteiger partial charge in [0.25, 0.3) is 0 Å². The lowest BCUT2D eigenvalue weighted by molar-refractivity contribution is -0.0902. The van der Waals surface area contributed by atoms with E-state index in [1.54, 1.807) is 0 Å². The van der Waals surface area contributed by atoms with E-state index in [1.165, 1.54) is 5.56 Å². The van der Waals surface area contributed by atoms with Crippen LogP contribution in [-0.4, -0.2) is 31.5 Å². The molecule has 3 atom stereocenters. The fourth-order valence-corrected chi connectivity index (χ4v) is 3.33. The molecule has 2 aliphatic rings. The van der Waals surface area contributed by atoms with Crippen molar-refractivity contribution < 1.29 is 9.47 Å². The van der Waals surface area contributed by atoms with Gasteiger partial charge >= 0.3 is 0 Å². The first-order valence-corrected chi connectivity index (χ1v) is 7.69. The van der Waals surface area contributed by atoms with Crippen molar-refractivity contribution >= 4 is 0 Å². The standard InChI is InChI=1S/C17H22N2O2/c1-13(15-4-2-14(11-18)3-5-15)19-16-6-8-21-17(10-16)7-9-20-12-17/h2-5,13,16,19H,6-10,12H2,1H3. The SMILES string of the molecule is CC(NC1CCOC2(CCOC2)C1)c1ccc(C#N)cc1. The second-order valence-corrected chi connectivity index (χ2v) is 6.15. The summed E-state index contributed by atoms with van der Waals surface area (Å²) >= 11 is 0. The third kappa shape index (κ3) is 3.26. The Labute approximate surface area is 126 Å². The van der Waals surface area contributed by atoms with Crippen molar-refractivity contribution in [1.29, 1.82) is 5.26 Å². The van der Waals surface area contributed by atoms with E-state index in [-0.39, 0.29) is 11.6 Å². The second kappa shape index (κ2) is 6.15. The normalized spacial score (nSPS) is 30.2. The Bertz CT molecular complexity index is 515. The molecule has 3 rings (SSSR count). The molecular weight excluding hydrogens is 264 g/mol. The lowest BCUT2D eigenvalue weighted by Gasteiger charge is -2.38. The first kappa shape index (κ1) is 14.5. The van der Waals surface area contributed by atoms with Crippen LogP contribution in [0.1, 0.15) is 43.4 Å². The van der Waals surface area contributed by atoms with Crippen molar-refractivity contribution in [1.82, 2.24) is 5.32 Å². The highest BCUT2D eigenvalue weighted by Gasteiger charge is 2.41. The first-order chi connectivity index (χ1) is 10.2. The molecular formula is C17H22N2O2. The summed E-state index contributed by atoms with van der Waals surface area (Å²) in [6.45, 7) is 4.53. The largest absolute Gasteiger partial charge is 0.378 e. The fourth-order valence-electron chi connectivity index (χ4n) is 3.33. The third-order valence-corrected chi connectivity index (χ3v) is 4.59. The maximum Gasteiger partial charge on any atom is 0.0991 e. The minimum absolute atomic E-state index is 0.0553. The molecule has 0 aromatic heterocycles. The first-order valence-electron chi connectivity index (χ1n) is 7.69. The van der Waals surface area contributed by atoms with E-state index in [4.69, 9.17) is 14.7 Å².